The summed E-state index contributed by atoms with van der Waals surface area (Å²) in [6.45, 7) is -0.564. The number of nitrogens with zero attached hydrogens (tertiary/aromatic N) is 6. The highest BCUT2D eigenvalue weighted by atomic mass is 35.5. The Hall–Kier alpha value is -4.96. The molecule has 0 aliphatic heterocycles. The fourth-order valence-electron chi connectivity index (χ4n) is 5.76. The summed E-state index contributed by atoms with van der Waals surface area (Å²) in [6.07, 6.45) is 3.50. The first kappa shape index (κ1) is 37.8. The maximum atomic E-state index is 14.2. The highest BCUT2D eigenvalue weighted by molar-refractivity contribution is 6.30. The highest BCUT2D eigenvalue weighted by Gasteiger charge is 2.47. The molecule has 0 atom stereocenters. The number of ketones is 1. The summed E-state index contributed by atoms with van der Waals surface area (Å²) < 4.78 is 82.5. The van der Waals surface area contributed by atoms with Crippen molar-refractivity contribution in [1.29, 1.82) is 0 Å². The summed E-state index contributed by atoms with van der Waals surface area (Å²) >= 11 is 11.6. The molecule has 0 saturated heterocycles. The Bertz CT molecular complexity index is 2110. The number of rotatable bonds is 12. The Labute approximate surface area is 307 Å². The van der Waals surface area contributed by atoms with Crippen molar-refractivity contribution in [3.8, 4) is 11.5 Å². The van der Waals surface area contributed by atoms with Crippen LogP contribution in [0, 0.1) is 11.6 Å². The maximum Gasteiger partial charge on any atom is 0.315 e. The van der Waals surface area contributed by atoms with Gasteiger partial charge in [-0.3, -0.25) is 9.59 Å². The number of halogens is 8. The Kier molecular flexibility index (Phi) is 11.1. The number of benzene rings is 2. The first-order valence-electron chi connectivity index (χ1n) is 16.0. The van der Waals surface area contributed by atoms with Gasteiger partial charge in [-0.1, -0.05) is 35.3 Å². The van der Waals surface area contributed by atoms with E-state index in [0.29, 0.717) is 51.2 Å². The highest BCUT2D eigenvalue weighted by Crippen LogP contribution is 2.52. The minimum absolute atomic E-state index is 0.0725. The molecule has 18 heteroatoms. The SMILES string of the molecule is Fc1cc(Cl)ccc1C1(Cc2ncc(-c3nnc(C(F)F)o3)cn2)CC1.O=C(CNC(=O)C(F)F)c1cnc(CC2(c3ccc(Cl)cc3F)CC2)nc1. The van der Waals surface area contributed by atoms with E-state index < -0.39 is 37.0 Å². The van der Waals surface area contributed by atoms with Gasteiger partial charge in [0.05, 0.1) is 17.7 Å². The molecule has 10 nitrogen and oxygen atoms in total. The van der Waals surface area contributed by atoms with Crippen LogP contribution in [0.4, 0.5) is 26.3 Å². The summed E-state index contributed by atoms with van der Waals surface area (Å²) in [7, 11) is 0. The number of carbonyl (C=O) groups excluding carboxylic acids is 2. The fraction of sp³-hybridized carbons (Fsp3) is 0.314. The molecule has 1 N–H and O–H groups in total. The molecule has 5 aromatic rings. The molecule has 0 unspecified atom stereocenters. The van der Waals surface area contributed by atoms with Gasteiger partial charge in [-0.25, -0.2) is 28.7 Å². The molecule has 53 heavy (non-hydrogen) atoms. The molecular weight excluding hydrogens is 751 g/mol. The Balaban J connectivity index is 0.000000181. The zero-order valence-corrected chi connectivity index (χ0v) is 28.8. The average molecular weight is 779 g/mol. The van der Waals surface area contributed by atoms with Gasteiger partial charge in [-0.2, -0.15) is 17.6 Å². The van der Waals surface area contributed by atoms with Crippen molar-refractivity contribution in [2.75, 3.05) is 6.54 Å². The van der Waals surface area contributed by atoms with Gasteiger partial charge in [-0.15, -0.1) is 10.2 Å². The van der Waals surface area contributed by atoms with Crippen LogP contribution < -0.4 is 5.32 Å². The number of carbonyl (C=O) groups is 2. The van der Waals surface area contributed by atoms with E-state index in [4.69, 9.17) is 27.6 Å². The van der Waals surface area contributed by atoms with Crippen molar-refractivity contribution in [1.82, 2.24) is 35.5 Å². The zero-order valence-electron chi connectivity index (χ0n) is 27.3. The summed E-state index contributed by atoms with van der Waals surface area (Å²) in [4.78, 5) is 39.4. The van der Waals surface area contributed by atoms with E-state index in [2.05, 4.69) is 30.1 Å². The lowest BCUT2D eigenvalue weighted by atomic mass is 9.91. The quantitative estimate of drug-likeness (QED) is 0.100. The van der Waals surface area contributed by atoms with Crippen LogP contribution in [0.1, 0.15) is 71.1 Å². The Morgan fingerprint density at radius 1 is 0.755 bits per heavy atom. The van der Waals surface area contributed by atoms with Gasteiger partial charge >= 0.3 is 12.9 Å². The average Bonchev–Trinajstić information content (AvgIpc) is 4.03. The lowest BCUT2D eigenvalue weighted by Gasteiger charge is -2.16. The number of alkyl halides is 4. The molecule has 2 aliphatic rings. The largest absolute Gasteiger partial charge is 0.415 e. The van der Waals surface area contributed by atoms with Gasteiger partial charge < -0.3 is 9.73 Å². The second-order valence-corrected chi connectivity index (χ2v) is 13.5. The molecule has 0 spiro atoms. The van der Waals surface area contributed by atoms with Crippen molar-refractivity contribution < 1.29 is 40.3 Å². The molecule has 2 fully saturated rings. The first-order valence-corrected chi connectivity index (χ1v) is 16.8. The van der Waals surface area contributed by atoms with Crippen molar-refractivity contribution in [3.63, 3.8) is 0 Å². The van der Waals surface area contributed by atoms with Crippen molar-refractivity contribution in [3.05, 3.63) is 117 Å². The zero-order chi connectivity index (χ0) is 37.9. The lowest BCUT2D eigenvalue weighted by molar-refractivity contribution is -0.131. The van der Waals surface area contributed by atoms with E-state index in [1.807, 2.05) is 5.32 Å². The van der Waals surface area contributed by atoms with Gasteiger partial charge in [0.2, 0.25) is 0 Å². The Morgan fingerprint density at radius 3 is 1.66 bits per heavy atom. The van der Waals surface area contributed by atoms with Crippen molar-refractivity contribution in [2.45, 2.75) is 62.2 Å². The minimum Gasteiger partial charge on any atom is -0.415 e. The molecule has 276 valence electrons. The van der Waals surface area contributed by atoms with Gasteiger partial charge in [-0.05, 0) is 61.1 Å². The predicted octanol–water partition coefficient (Wildman–Crippen LogP) is 7.64. The van der Waals surface area contributed by atoms with Crippen molar-refractivity contribution >= 4 is 34.9 Å². The third-order valence-electron chi connectivity index (χ3n) is 8.93. The van der Waals surface area contributed by atoms with Gasteiger partial charge in [0.15, 0.2) is 5.78 Å². The number of nitrogens with one attached hydrogen (secondary N) is 1. The Morgan fingerprint density at radius 2 is 1.25 bits per heavy atom. The topological polar surface area (TPSA) is 137 Å². The number of hydrogen-bond donors (Lipinski definition) is 1. The van der Waals surface area contributed by atoms with Gasteiger partial charge in [0.25, 0.3) is 17.7 Å². The van der Waals surface area contributed by atoms with Gasteiger partial charge in [0, 0.05) is 58.5 Å². The molecular formula is C35H27Cl2F6N7O3. The second-order valence-electron chi connectivity index (χ2n) is 12.6. The number of Topliss-reactive ketones (excluding diaryl/α,β-unsaturated/α-hetero) is 1. The predicted molar refractivity (Wildman–Crippen MR) is 178 cm³/mol. The van der Waals surface area contributed by atoms with E-state index >= 15 is 0 Å². The van der Waals surface area contributed by atoms with E-state index in [1.165, 1.54) is 36.9 Å². The van der Waals surface area contributed by atoms with Crippen molar-refractivity contribution in [2.24, 2.45) is 0 Å². The molecule has 1 amide bonds. The van der Waals surface area contributed by atoms with Crippen LogP contribution in [-0.4, -0.2) is 54.8 Å². The molecule has 2 saturated carbocycles. The molecule has 3 heterocycles. The monoisotopic (exact) mass is 777 g/mol. The second kappa shape index (κ2) is 15.6. The third kappa shape index (κ3) is 8.99. The summed E-state index contributed by atoms with van der Waals surface area (Å²) in [5.41, 5.74) is 0.888. The molecule has 2 aromatic carbocycles. The van der Waals surface area contributed by atoms with Crippen LogP contribution in [0.15, 0.2) is 65.6 Å². The molecule has 7 rings (SSSR count). The van der Waals surface area contributed by atoms with E-state index in [1.54, 1.807) is 24.3 Å². The van der Waals surface area contributed by atoms with Gasteiger partial charge in [0.1, 0.15) is 23.3 Å². The normalized spacial score (nSPS) is 15.1. The number of amides is 1. The first-order chi connectivity index (χ1) is 25.3. The van der Waals surface area contributed by atoms with E-state index in [9.17, 15) is 35.9 Å². The molecule has 3 aromatic heterocycles. The summed E-state index contributed by atoms with van der Waals surface area (Å²) in [6, 6.07) is 9.23. The maximum absolute atomic E-state index is 14.2. The lowest BCUT2D eigenvalue weighted by Crippen LogP contribution is -2.34. The van der Waals surface area contributed by atoms with Crippen LogP contribution in [0.2, 0.25) is 10.0 Å². The van der Waals surface area contributed by atoms with E-state index in [-0.39, 0.29) is 33.9 Å². The molecule has 0 radical (unpaired) electrons. The van der Waals surface area contributed by atoms with Crippen LogP contribution in [-0.2, 0) is 28.5 Å². The summed E-state index contributed by atoms with van der Waals surface area (Å²) in [5.74, 6) is -2.67. The standard InChI is InChI=1S/C18H15ClF3N3O2.C17H12ClF3N4O/c19-11-1-2-12(13(20)5-11)18(3-4-18)6-15-23-7-10(8-24-15)14(26)9-25-17(27)16(21)22;18-10-1-2-11(12(19)5-10)17(3-4-17)6-13-22-7-9(8-23-13)15-24-25-16(26-15)14(20)21/h1-2,5,7-8,16H,3-4,6,9H2,(H,25,27);1-2,5,7-8,14H,3-4,6H2. The summed E-state index contributed by atoms with van der Waals surface area (Å²) in [5, 5.41) is 9.32. The molecule has 2 aliphatic carbocycles. The van der Waals surface area contributed by atoms with Crippen LogP contribution in [0.3, 0.4) is 0 Å². The molecule has 0 bridgehead atoms. The van der Waals surface area contributed by atoms with Crippen LogP contribution in [0.5, 0.6) is 0 Å². The van der Waals surface area contributed by atoms with Crippen LogP contribution in [0.25, 0.3) is 11.5 Å². The number of hydrogen-bond acceptors (Lipinski definition) is 9. The number of aromatic nitrogens is 6. The smallest absolute Gasteiger partial charge is 0.315 e. The third-order valence-corrected chi connectivity index (χ3v) is 9.40. The fourth-order valence-corrected chi connectivity index (χ4v) is 6.08. The van der Waals surface area contributed by atoms with Crippen LogP contribution >= 0.6 is 23.2 Å². The van der Waals surface area contributed by atoms with E-state index in [0.717, 1.165) is 25.7 Å². The minimum atomic E-state index is -3.18.